The summed E-state index contributed by atoms with van der Waals surface area (Å²) in [6.07, 6.45) is 5.05. The van der Waals surface area contributed by atoms with Crippen molar-refractivity contribution in [1.29, 1.82) is 0 Å². The first-order valence-electron chi connectivity index (χ1n) is 11.7. The summed E-state index contributed by atoms with van der Waals surface area (Å²) in [7, 11) is 0. The second-order valence-electron chi connectivity index (χ2n) is 8.38. The van der Waals surface area contributed by atoms with Crippen LogP contribution in [0, 0.1) is 0 Å². The minimum absolute atomic E-state index is 0.252. The maximum atomic E-state index is 13.6. The van der Waals surface area contributed by atoms with Crippen LogP contribution >= 0.6 is 11.3 Å². The van der Waals surface area contributed by atoms with Crippen molar-refractivity contribution in [2.24, 2.45) is 0 Å². The first-order valence-corrected chi connectivity index (χ1v) is 12.6. The van der Waals surface area contributed by atoms with Gasteiger partial charge in [0.05, 0.1) is 28.9 Å². The lowest BCUT2D eigenvalue weighted by molar-refractivity contribution is 0.0527. The van der Waals surface area contributed by atoms with Gasteiger partial charge in [0.15, 0.2) is 0 Å². The van der Waals surface area contributed by atoms with Crippen LogP contribution in [0.4, 0.5) is 5.00 Å². The number of aromatic nitrogens is 1. The maximum Gasteiger partial charge on any atom is 0.341 e. The Bertz CT molecular complexity index is 1360. The van der Waals surface area contributed by atoms with Crippen LogP contribution in [0.15, 0.2) is 60.7 Å². The van der Waals surface area contributed by atoms with E-state index < -0.39 is 0 Å². The molecule has 34 heavy (non-hydrogen) atoms. The SMILES string of the molecule is CCOC(=O)c1c(NC(=O)c2cc(-c3ccccc3)nc3ccccc23)sc2c1CCCCC2. The van der Waals surface area contributed by atoms with Gasteiger partial charge in [0.2, 0.25) is 0 Å². The second-order valence-corrected chi connectivity index (χ2v) is 9.49. The summed E-state index contributed by atoms with van der Waals surface area (Å²) in [6.45, 7) is 2.10. The van der Waals surface area contributed by atoms with Gasteiger partial charge in [0, 0.05) is 15.8 Å². The minimum atomic E-state index is -0.359. The zero-order valence-electron chi connectivity index (χ0n) is 19.1. The van der Waals surface area contributed by atoms with E-state index in [1.165, 1.54) is 16.2 Å². The molecule has 0 unspecified atom stereocenters. The van der Waals surface area contributed by atoms with Gasteiger partial charge >= 0.3 is 5.97 Å². The Hall–Kier alpha value is -3.51. The van der Waals surface area contributed by atoms with E-state index in [-0.39, 0.29) is 11.9 Å². The number of anilines is 1. The number of pyridine rings is 1. The van der Waals surface area contributed by atoms with Gasteiger partial charge < -0.3 is 10.1 Å². The molecule has 0 aliphatic heterocycles. The fourth-order valence-corrected chi connectivity index (χ4v) is 5.81. The van der Waals surface area contributed by atoms with Crippen LogP contribution in [0.3, 0.4) is 0 Å². The number of hydrogen-bond acceptors (Lipinski definition) is 5. The highest BCUT2D eigenvalue weighted by molar-refractivity contribution is 7.17. The highest BCUT2D eigenvalue weighted by Gasteiger charge is 2.27. The Labute approximate surface area is 202 Å². The van der Waals surface area contributed by atoms with Crippen molar-refractivity contribution in [2.75, 3.05) is 11.9 Å². The van der Waals surface area contributed by atoms with Crippen molar-refractivity contribution in [3.63, 3.8) is 0 Å². The largest absolute Gasteiger partial charge is 0.462 e. The summed E-state index contributed by atoms with van der Waals surface area (Å²) in [6, 6.07) is 19.3. The van der Waals surface area contributed by atoms with Gasteiger partial charge in [-0.1, -0.05) is 55.0 Å². The zero-order chi connectivity index (χ0) is 23.5. The van der Waals surface area contributed by atoms with E-state index >= 15 is 0 Å². The van der Waals surface area contributed by atoms with Crippen LogP contribution in [-0.2, 0) is 17.6 Å². The molecule has 0 bridgehead atoms. The third-order valence-corrected chi connectivity index (χ3v) is 7.37. The number of para-hydroxylation sites is 1. The van der Waals surface area contributed by atoms with Crippen LogP contribution in [-0.4, -0.2) is 23.5 Å². The number of thiophene rings is 1. The molecule has 0 fully saturated rings. The van der Waals surface area contributed by atoms with Gasteiger partial charge in [-0.25, -0.2) is 9.78 Å². The van der Waals surface area contributed by atoms with Gasteiger partial charge in [-0.2, -0.15) is 0 Å². The Morgan fingerprint density at radius 1 is 1.00 bits per heavy atom. The monoisotopic (exact) mass is 470 g/mol. The van der Waals surface area contributed by atoms with Crippen molar-refractivity contribution < 1.29 is 14.3 Å². The summed E-state index contributed by atoms with van der Waals surface area (Å²) in [4.78, 5) is 32.5. The molecular formula is C28H26N2O3S. The molecule has 1 amide bonds. The zero-order valence-corrected chi connectivity index (χ0v) is 19.9. The lowest BCUT2D eigenvalue weighted by Crippen LogP contribution is -2.16. The number of nitrogens with one attached hydrogen (secondary N) is 1. The van der Waals surface area contributed by atoms with Crippen molar-refractivity contribution in [3.8, 4) is 11.3 Å². The molecule has 0 saturated heterocycles. The van der Waals surface area contributed by atoms with Gasteiger partial charge in [-0.15, -0.1) is 11.3 Å². The van der Waals surface area contributed by atoms with E-state index in [0.29, 0.717) is 22.7 Å². The van der Waals surface area contributed by atoms with Crippen LogP contribution in [0.5, 0.6) is 0 Å². The number of benzene rings is 2. The second kappa shape index (κ2) is 9.77. The highest BCUT2D eigenvalue weighted by Crippen LogP contribution is 2.38. The molecule has 6 heteroatoms. The van der Waals surface area contributed by atoms with E-state index in [0.717, 1.165) is 59.8 Å². The Kier molecular flexibility index (Phi) is 6.41. The maximum absolute atomic E-state index is 13.6. The number of carbonyl (C=O) groups is 2. The molecule has 2 heterocycles. The lowest BCUT2D eigenvalue weighted by Gasteiger charge is -2.11. The van der Waals surface area contributed by atoms with Gasteiger partial charge in [-0.3, -0.25) is 4.79 Å². The molecule has 0 atom stereocenters. The van der Waals surface area contributed by atoms with Crippen molar-refractivity contribution in [2.45, 2.75) is 39.0 Å². The van der Waals surface area contributed by atoms with Crippen molar-refractivity contribution >= 4 is 39.1 Å². The predicted octanol–water partition coefficient (Wildman–Crippen LogP) is 6.66. The summed E-state index contributed by atoms with van der Waals surface area (Å²) in [5, 5.41) is 4.42. The summed E-state index contributed by atoms with van der Waals surface area (Å²) in [5.41, 5.74) is 4.53. The van der Waals surface area contributed by atoms with Crippen LogP contribution in [0.2, 0.25) is 0 Å². The van der Waals surface area contributed by atoms with Gasteiger partial charge in [0.1, 0.15) is 5.00 Å². The molecule has 172 valence electrons. The molecule has 0 radical (unpaired) electrons. The van der Waals surface area contributed by atoms with E-state index in [1.807, 2.05) is 60.7 Å². The van der Waals surface area contributed by atoms with Crippen molar-refractivity contribution in [3.05, 3.63) is 82.2 Å². The average Bonchev–Trinajstić information content (AvgIpc) is 3.04. The number of nitrogens with zero attached hydrogens (tertiary/aromatic N) is 1. The van der Waals surface area contributed by atoms with Crippen LogP contribution < -0.4 is 5.32 Å². The summed E-state index contributed by atoms with van der Waals surface area (Å²) < 4.78 is 5.37. The van der Waals surface area contributed by atoms with Gasteiger partial charge in [-0.05, 0) is 50.3 Å². The van der Waals surface area contributed by atoms with Gasteiger partial charge in [0.25, 0.3) is 5.91 Å². The fraction of sp³-hybridized carbons (Fsp3) is 0.250. The topological polar surface area (TPSA) is 68.3 Å². The number of rotatable bonds is 5. The smallest absolute Gasteiger partial charge is 0.341 e. The fourth-order valence-electron chi connectivity index (χ4n) is 4.54. The molecule has 1 aliphatic carbocycles. The number of aryl methyl sites for hydroxylation is 1. The third-order valence-electron chi connectivity index (χ3n) is 6.16. The number of amides is 1. The number of fused-ring (bicyclic) bond motifs is 2. The molecule has 1 aliphatic rings. The Morgan fingerprint density at radius 3 is 2.59 bits per heavy atom. The molecule has 4 aromatic rings. The first kappa shape index (κ1) is 22.3. The molecule has 0 spiro atoms. The minimum Gasteiger partial charge on any atom is -0.462 e. The molecule has 1 N–H and O–H groups in total. The summed E-state index contributed by atoms with van der Waals surface area (Å²) >= 11 is 1.51. The molecule has 5 nitrogen and oxygen atoms in total. The van der Waals surface area contributed by atoms with Crippen molar-refractivity contribution in [1.82, 2.24) is 4.98 Å². The Morgan fingerprint density at radius 2 is 1.76 bits per heavy atom. The summed E-state index contributed by atoms with van der Waals surface area (Å²) in [5.74, 6) is -0.612. The standard InChI is InChI=1S/C28H26N2O3S/c1-2-33-28(32)25-20-14-7-4-8-16-24(20)34-27(25)30-26(31)21-17-23(18-11-5-3-6-12-18)29-22-15-10-9-13-19(21)22/h3,5-6,9-13,15,17H,2,4,7-8,14,16H2,1H3,(H,30,31). The van der Waals surface area contributed by atoms with E-state index in [1.54, 1.807) is 6.92 Å². The number of carbonyl (C=O) groups excluding carboxylic acids is 2. The average molecular weight is 471 g/mol. The molecule has 0 saturated carbocycles. The highest BCUT2D eigenvalue weighted by atomic mass is 32.1. The first-order chi connectivity index (χ1) is 16.7. The van der Waals surface area contributed by atoms with Crippen LogP contribution in [0.25, 0.3) is 22.2 Å². The Balaban J connectivity index is 1.58. The third kappa shape index (κ3) is 4.33. The number of hydrogen-bond donors (Lipinski definition) is 1. The quantitative estimate of drug-likeness (QED) is 0.262. The normalized spacial score (nSPS) is 13.2. The molecule has 5 rings (SSSR count). The molecule has 2 aromatic carbocycles. The number of esters is 1. The number of ether oxygens (including phenoxy) is 1. The van der Waals surface area contributed by atoms with E-state index in [9.17, 15) is 9.59 Å². The molecule has 2 aromatic heterocycles. The predicted molar refractivity (Wildman–Crippen MR) is 137 cm³/mol. The lowest BCUT2D eigenvalue weighted by atomic mass is 10.0. The van der Waals surface area contributed by atoms with Crippen LogP contribution in [0.1, 0.15) is 57.3 Å². The van der Waals surface area contributed by atoms with E-state index in [2.05, 4.69) is 5.32 Å². The molecular weight excluding hydrogens is 444 g/mol. The van der Waals surface area contributed by atoms with E-state index in [4.69, 9.17) is 9.72 Å².